The Morgan fingerprint density at radius 1 is 1.41 bits per heavy atom. The van der Waals surface area contributed by atoms with Crippen LogP contribution < -0.4 is 0 Å². The highest BCUT2D eigenvalue weighted by molar-refractivity contribution is 5.05. The minimum absolute atomic E-state index is 0.324. The van der Waals surface area contributed by atoms with Gasteiger partial charge in [0, 0.05) is 6.54 Å². The molecule has 1 heterocycles. The SMILES string of the molecule is C#C[C@@](C)(CC)OC[C@H](O)CN1CCCCC1. The summed E-state index contributed by atoms with van der Waals surface area (Å²) >= 11 is 0. The van der Waals surface area contributed by atoms with Crippen LogP contribution in [0.25, 0.3) is 0 Å². The number of ether oxygens (including phenoxy) is 1. The molecule has 0 radical (unpaired) electrons. The van der Waals surface area contributed by atoms with Gasteiger partial charge in [-0.25, -0.2) is 0 Å². The van der Waals surface area contributed by atoms with Crippen LogP contribution in [0, 0.1) is 12.3 Å². The predicted octanol–water partition coefficient (Wildman–Crippen LogP) is 1.65. The summed E-state index contributed by atoms with van der Waals surface area (Å²) < 4.78 is 5.62. The first-order chi connectivity index (χ1) is 8.09. The molecule has 3 heteroatoms. The van der Waals surface area contributed by atoms with Crippen LogP contribution in [0.1, 0.15) is 39.5 Å². The summed E-state index contributed by atoms with van der Waals surface area (Å²) in [6, 6.07) is 0. The third kappa shape index (κ3) is 5.08. The van der Waals surface area contributed by atoms with Crippen LogP contribution in [0.4, 0.5) is 0 Å². The second-order valence-corrected chi connectivity index (χ2v) is 5.05. The maximum Gasteiger partial charge on any atom is 0.125 e. The number of hydrogen-bond donors (Lipinski definition) is 1. The van der Waals surface area contributed by atoms with Gasteiger partial charge in [0.1, 0.15) is 5.60 Å². The summed E-state index contributed by atoms with van der Waals surface area (Å²) in [5.74, 6) is 2.64. The molecule has 0 unspecified atom stereocenters. The van der Waals surface area contributed by atoms with Crippen LogP contribution in [0.3, 0.4) is 0 Å². The molecule has 0 aromatic rings. The van der Waals surface area contributed by atoms with Gasteiger partial charge in [-0.05, 0) is 39.3 Å². The molecule has 1 rings (SSSR count). The number of aliphatic hydroxyl groups excluding tert-OH is 1. The van der Waals surface area contributed by atoms with E-state index in [9.17, 15) is 5.11 Å². The fourth-order valence-electron chi connectivity index (χ4n) is 2.02. The molecule has 0 aromatic heterocycles. The van der Waals surface area contributed by atoms with E-state index in [0.717, 1.165) is 19.5 Å². The lowest BCUT2D eigenvalue weighted by molar-refractivity contribution is -0.0481. The molecule has 1 aliphatic heterocycles. The molecule has 0 bridgehead atoms. The number of nitrogens with zero attached hydrogens (tertiary/aromatic N) is 1. The topological polar surface area (TPSA) is 32.7 Å². The Balaban J connectivity index is 2.24. The average molecular weight is 239 g/mol. The van der Waals surface area contributed by atoms with Crippen molar-refractivity contribution in [3.05, 3.63) is 0 Å². The van der Waals surface area contributed by atoms with E-state index < -0.39 is 11.7 Å². The second-order valence-electron chi connectivity index (χ2n) is 5.05. The van der Waals surface area contributed by atoms with Crippen molar-refractivity contribution >= 4 is 0 Å². The Labute approximate surface area is 105 Å². The molecule has 0 aromatic carbocycles. The first-order valence-electron chi connectivity index (χ1n) is 6.62. The normalized spacial score (nSPS) is 22.7. The third-order valence-electron chi connectivity index (χ3n) is 3.49. The van der Waals surface area contributed by atoms with Crippen LogP contribution >= 0.6 is 0 Å². The maximum absolute atomic E-state index is 9.92. The summed E-state index contributed by atoms with van der Waals surface area (Å²) in [6.07, 6.45) is 9.54. The number of likely N-dealkylation sites (tertiary alicyclic amines) is 1. The first-order valence-corrected chi connectivity index (χ1v) is 6.62. The molecular formula is C14H25NO2. The van der Waals surface area contributed by atoms with E-state index in [1.165, 1.54) is 19.3 Å². The highest BCUT2D eigenvalue weighted by Gasteiger charge is 2.22. The van der Waals surface area contributed by atoms with Crippen molar-refractivity contribution in [2.24, 2.45) is 0 Å². The zero-order valence-electron chi connectivity index (χ0n) is 11.1. The van der Waals surface area contributed by atoms with Gasteiger partial charge in [-0.15, -0.1) is 6.42 Å². The van der Waals surface area contributed by atoms with Crippen molar-refractivity contribution in [1.29, 1.82) is 0 Å². The molecule has 98 valence electrons. The Bertz CT molecular complexity index is 255. The number of aliphatic hydroxyl groups is 1. The van der Waals surface area contributed by atoms with Gasteiger partial charge in [-0.3, -0.25) is 0 Å². The number of piperidine rings is 1. The van der Waals surface area contributed by atoms with Gasteiger partial charge in [-0.2, -0.15) is 0 Å². The fourth-order valence-corrected chi connectivity index (χ4v) is 2.02. The van der Waals surface area contributed by atoms with E-state index in [4.69, 9.17) is 11.2 Å². The van der Waals surface area contributed by atoms with Gasteiger partial charge in [0.25, 0.3) is 0 Å². The summed E-state index contributed by atoms with van der Waals surface area (Å²) in [6.45, 7) is 7.10. The summed E-state index contributed by atoms with van der Waals surface area (Å²) in [7, 11) is 0. The van der Waals surface area contributed by atoms with Crippen molar-refractivity contribution in [2.75, 3.05) is 26.2 Å². The zero-order chi connectivity index (χ0) is 12.7. The lowest BCUT2D eigenvalue weighted by atomic mass is 10.1. The fraction of sp³-hybridized carbons (Fsp3) is 0.857. The molecule has 17 heavy (non-hydrogen) atoms. The summed E-state index contributed by atoms with van der Waals surface area (Å²) in [5.41, 5.74) is -0.539. The van der Waals surface area contributed by atoms with Crippen LogP contribution in [0.2, 0.25) is 0 Å². The van der Waals surface area contributed by atoms with Gasteiger partial charge in [-0.1, -0.05) is 19.3 Å². The molecule has 1 saturated heterocycles. The minimum Gasteiger partial charge on any atom is -0.389 e. The second kappa shape index (κ2) is 7.00. The Morgan fingerprint density at radius 3 is 2.59 bits per heavy atom. The molecular weight excluding hydrogens is 214 g/mol. The van der Waals surface area contributed by atoms with Crippen LogP contribution in [-0.2, 0) is 4.74 Å². The van der Waals surface area contributed by atoms with Crippen LogP contribution in [0.5, 0.6) is 0 Å². The van der Waals surface area contributed by atoms with Crippen molar-refractivity contribution in [1.82, 2.24) is 4.90 Å². The molecule has 1 N–H and O–H groups in total. The maximum atomic E-state index is 9.92. The molecule has 2 atom stereocenters. The molecule has 0 aliphatic carbocycles. The molecule has 1 fully saturated rings. The van der Waals surface area contributed by atoms with Crippen molar-refractivity contribution in [3.8, 4) is 12.3 Å². The van der Waals surface area contributed by atoms with Crippen LogP contribution in [-0.4, -0.2) is 48.0 Å². The van der Waals surface area contributed by atoms with Crippen molar-refractivity contribution in [2.45, 2.75) is 51.2 Å². The van der Waals surface area contributed by atoms with Gasteiger partial charge in [0.05, 0.1) is 12.7 Å². The van der Waals surface area contributed by atoms with Gasteiger partial charge in [0.15, 0.2) is 0 Å². The number of terminal acetylenes is 1. The van der Waals surface area contributed by atoms with Gasteiger partial charge in [0.2, 0.25) is 0 Å². The van der Waals surface area contributed by atoms with Crippen molar-refractivity contribution in [3.63, 3.8) is 0 Å². The highest BCUT2D eigenvalue weighted by atomic mass is 16.5. The lowest BCUT2D eigenvalue weighted by Gasteiger charge is -2.30. The Morgan fingerprint density at radius 2 is 2.06 bits per heavy atom. The predicted molar refractivity (Wildman–Crippen MR) is 69.8 cm³/mol. The van der Waals surface area contributed by atoms with E-state index >= 15 is 0 Å². The van der Waals surface area contributed by atoms with Crippen molar-refractivity contribution < 1.29 is 9.84 Å². The zero-order valence-corrected chi connectivity index (χ0v) is 11.1. The Kier molecular flexibility index (Phi) is 5.97. The number of β-amino-alcohol motifs (C(OH)–C–C–N with tert-alkyl or cyclic N) is 1. The van der Waals surface area contributed by atoms with E-state index in [0.29, 0.717) is 13.2 Å². The standard InChI is InChI=1S/C14H25NO2/c1-4-14(3,5-2)17-12-13(16)11-15-9-7-6-8-10-15/h1,13,16H,5-12H2,2-3H3/t13-,14+/m1/s1. The van der Waals surface area contributed by atoms with Gasteiger partial charge < -0.3 is 14.7 Å². The monoisotopic (exact) mass is 239 g/mol. The minimum atomic E-state index is -0.539. The largest absolute Gasteiger partial charge is 0.389 e. The summed E-state index contributed by atoms with van der Waals surface area (Å²) in [4.78, 5) is 2.30. The number of rotatable bonds is 6. The smallest absolute Gasteiger partial charge is 0.125 e. The van der Waals surface area contributed by atoms with E-state index in [-0.39, 0.29) is 0 Å². The Hall–Kier alpha value is -0.560. The van der Waals surface area contributed by atoms with E-state index in [1.54, 1.807) is 0 Å². The molecule has 0 saturated carbocycles. The molecule has 0 amide bonds. The summed E-state index contributed by atoms with van der Waals surface area (Å²) in [5, 5.41) is 9.92. The number of hydrogen-bond acceptors (Lipinski definition) is 3. The average Bonchev–Trinajstić information content (AvgIpc) is 2.37. The van der Waals surface area contributed by atoms with E-state index in [1.807, 2.05) is 13.8 Å². The first kappa shape index (κ1) is 14.5. The third-order valence-corrected chi connectivity index (χ3v) is 3.49. The molecule has 0 spiro atoms. The molecule has 3 nitrogen and oxygen atoms in total. The molecule has 1 aliphatic rings. The lowest BCUT2D eigenvalue weighted by Crippen LogP contribution is -2.40. The quantitative estimate of drug-likeness (QED) is 0.715. The van der Waals surface area contributed by atoms with E-state index in [2.05, 4.69) is 10.8 Å². The highest BCUT2D eigenvalue weighted by Crippen LogP contribution is 2.14. The van der Waals surface area contributed by atoms with Crippen LogP contribution in [0.15, 0.2) is 0 Å². The van der Waals surface area contributed by atoms with Gasteiger partial charge >= 0.3 is 0 Å².